The predicted molar refractivity (Wildman–Crippen MR) is 105 cm³/mol. The maximum absolute atomic E-state index is 12.5. The predicted octanol–water partition coefficient (Wildman–Crippen LogP) is 4.28. The number of nitrogens with one attached hydrogen (secondary N) is 1. The third kappa shape index (κ3) is 5.78. The summed E-state index contributed by atoms with van der Waals surface area (Å²) < 4.78 is 0. The number of anilines is 1. The smallest absolute Gasteiger partial charge is 0.303 e. The first-order valence-electron chi connectivity index (χ1n) is 9.03. The number of aliphatic carboxylic acids is 1. The van der Waals surface area contributed by atoms with E-state index in [9.17, 15) is 14.4 Å². The second kappa shape index (κ2) is 9.12. The van der Waals surface area contributed by atoms with Crippen molar-refractivity contribution in [1.29, 1.82) is 0 Å². The van der Waals surface area contributed by atoms with Crippen molar-refractivity contribution >= 4 is 23.3 Å². The molecule has 142 valence electrons. The topological polar surface area (TPSA) is 83.5 Å². The number of ketones is 1. The second-order valence-electron chi connectivity index (χ2n) is 6.95. The van der Waals surface area contributed by atoms with Crippen LogP contribution in [0.25, 0.3) is 0 Å². The van der Waals surface area contributed by atoms with Crippen molar-refractivity contribution in [2.45, 2.75) is 39.5 Å². The SMILES string of the molecule is CC(C)C(=O)c1ccc(C(C)C(=O)Nc2cccc(CCC(=O)O)c2)cc1. The monoisotopic (exact) mass is 367 g/mol. The molecule has 0 spiro atoms. The van der Waals surface area contributed by atoms with Gasteiger partial charge in [-0.15, -0.1) is 0 Å². The molecule has 0 aliphatic rings. The number of carbonyl (C=O) groups is 3. The third-order valence-electron chi connectivity index (χ3n) is 4.43. The lowest BCUT2D eigenvalue weighted by Gasteiger charge is -2.14. The first kappa shape index (κ1) is 20.4. The first-order valence-corrected chi connectivity index (χ1v) is 9.03. The van der Waals surface area contributed by atoms with Crippen LogP contribution in [0, 0.1) is 5.92 Å². The lowest BCUT2D eigenvalue weighted by atomic mass is 9.95. The molecule has 0 aliphatic carbocycles. The molecule has 27 heavy (non-hydrogen) atoms. The molecule has 0 fully saturated rings. The highest BCUT2D eigenvalue weighted by Crippen LogP contribution is 2.20. The molecule has 5 nitrogen and oxygen atoms in total. The molecule has 0 heterocycles. The van der Waals surface area contributed by atoms with Crippen molar-refractivity contribution < 1.29 is 19.5 Å². The van der Waals surface area contributed by atoms with Gasteiger partial charge in [0.2, 0.25) is 5.91 Å². The first-order chi connectivity index (χ1) is 12.8. The number of rotatable bonds is 8. The zero-order chi connectivity index (χ0) is 20.0. The number of aryl methyl sites for hydroxylation is 1. The normalized spacial score (nSPS) is 11.9. The molecule has 1 amide bonds. The lowest BCUT2D eigenvalue weighted by Crippen LogP contribution is -2.19. The van der Waals surface area contributed by atoms with E-state index in [0.29, 0.717) is 17.7 Å². The number of amides is 1. The summed E-state index contributed by atoms with van der Waals surface area (Å²) >= 11 is 0. The minimum Gasteiger partial charge on any atom is -0.481 e. The van der Waals surface area contributed by atoms with Gasteiger partial charge in [0.05, 0.1) is 5.92 Å². The summed E-state index contributed by atoms with van der Waals surface area (Å²) in [5.74, 6) is -1.37. The second-order valence-corrected chi connectivity index (χ2v) is 6.95. The van der Waals surface area contributed by atoms with Crippen LogP contribution in [0.4, 0.5) is 5.69 Å². The van der Waals surface area contributed by atoms with Crippen LogP contribution in [0.2, 0.25) is 0 Å². The Kier molecular flexibility index (Phi) is 6.88. The van der Waals surface area contributed by atoms with Gasteiger partial charge in [-0.2, -0.15) is 0 Å². The quantitative estimate of drug-likeness (QED) is 0.682. The largest absolute Gasteiger partial charge is 0.481 e. The van der Waals surface area contributed by atoms with Crippen molar-refractivity contribution in [3.63, 3.8) is 0 Å². The molecule has 0 saturated heterocycles. The van der Waals surface area contributed by atoms with E-state index in [2.05, 4.69) is 5.32 Å². The van der Waals surface area contributed by atoms with Crippen LogP contribution in [0.15, 0.2) is 48.5 Å². The van der Waals surface area contributed by atoms with Gasteiger partial charge < -0.3 is 10.4 Å². The van der Waals surface area contributed by atoms with Gasteiger partial charge in [-0.1, -0.05) is 50.2 Å². The van der Waals surface area contributed by atoms with E-state index in [4.69, 9.17) is 5.11 Å². The number of carboxylic acids is 1. The van der Waals surface area contributed by atoms with E-state index in [1.807, 2.05) is 39.0 Å². The highest BCUT2D eigenvalue weighted by molar-refractivity contribution is 5.98. The summed E-state index contributed by atoms with van der Waals surface area (Å²) in [6, 6.07) is 14.3. The summed E-state index contributed by atoms with van der Waals surface area (Å²) in [7, 11) is 0. The van der Waals surface area contributed by atoms with Crippen molar-refractivity contribution in [3.05, 3.63) is 65.2 Å². The Morgan fingerprint density at radius 3 is 2.26 bits per heavy atom. The Morgan fingerprint density at radius 2 is 1.67 bits per heavy atom. The summed E-state index contributed by atoms with van der Waals surface area (Å²) in [4.78, 5) is 35.3. The van der Waals surface area contributed by atoms with Gasteiger partial charge in [-0.05, 0) is 36.6 Å². The minimum absolute atomic E-state index is 0.0508. The lowest BCUT2D eigenvalue weighted by molar-refractivity contribution is -0.137. The van der Waals surface area contributed by atoms with Crippen molar-refractivity contribution in [3.8, 4) is 0 Å². The Bertz CT molecular complexity index is 824. The van der Waals surface area contributed by atoms with Crippen LogP contribution in [-0.4, -0.2) is 22.8 Å². The number of carbonyl (C=O) groups excluding carboxylic acids is 2. The fourth-order valence-corrected chi connectivity index (χ4v) is 2.73. The molecule has 1 unspecified atom stereocenters. The average Bonchev–Trinajstić information content (AvgIpc) is 2.65. The third-order valence-corrected chi connectivity index (χ3v) is 4.43. The zero-order valence-electron chi connectivity index (χ0n) is 15.9. The molecule has 0 aromatic heterocycles. The molecule has 2 aromatic rings. The molecule has 1 atom stereocenters. The van der Waals surface area contributed by atoms with Crippen LogP contribution in [0.1, 0.15) is 54.6 Å². The van der Waals surface area contributed by atoms with Gasteiger partial charge in [0.15, 0.2) is 5.78 Å². The Labute approximate surface area is 159 Å². The van der Waals surface area contributed by atoms with E-state index in [1.165, 1.54) is 0 Å². The van der Waals surface area contributed by atoms with Gasteiger partial charge in [0.1, 0.15) is 0 Å². The molecule has 0 radical (unpaired) electrons. The fraction of sp³-hybridized carbons (Fsp3) is 0.318. The summed E-state index contributed by atoms with van der Waals surface area (Å²) in [5, 5.41) is 11.7. The van der Waals surface area contributed by atoms with Gasteiger partial charge >= 0.3 is 5.97 Å². The van der Waals surface area contributed by atoms with Gasteiger partial charge in [-0.25, -0.2) is 0 Å². The molecule has 0 aliphatic heterocycles. The molecule has 2 aromatic carbocycles. The Balaban J connectivity index is 2.04. The van der Waals surface area contributed by atoms with E-state index < -0.39 is 5.97 Å². The molecular formula is C22H25NO4. The average molecular weight is 367 g/mol. The van der Waals surface area contributed by atoms with Gasteiger partial charge in [-0.3, -0.25) is 14.4 Å². The Morgan fingerprint density at radius 1 is 1.00 bits per heavy atom. The molecule has 0 bridgehead atoms. The van der Waals surface area contributed by atoms with Crippen LogP contribution in [-0.2, 0) is 16.0 Å². The molecule has 2 rings (SSSR count). The molecular weight excluding hydrogens is 342 g/mol. The van der Waals surface area contributed by atoms with E-state index in [-0.39, 0.29) is 29.9 Å². The van der Waals surface area contributed by atoms with Gasteiger partial charge in [0.25, 0.3) is 0 Å². The molecule has 0 saturated carbocycles. The minimum atomic E-state index is -0.850. The van der Waals surface area contributed by atoms with Crippen LogP contribution in [0.5, 0.6) is 0 Å². The fourth-order valence-electron chi connectivity index (χ4n) is 2.73. The summed E-state index contributed by atoms with van der Waals surface area (Å²) in [6.07, 6.45) is 0.467. The van der Waals surface area contributed by atoms with Crippen LogP contribution < -0.4 is 5.32 Å². The Hall–Kier alpha value is -2.95. The zero-order valence-corrected chi connectivity index (χ0v) is 15.9. The number of benzene rings is 2. The van der Waals surface area contributed by atoms with Crippen molar-refractivity contribution in [1.82, 2.24) is 0 Å². The summed E-state index contributed by atoms with van der Waals surface area (Å²) in [5.41, 5.74) is 2.98. The van der Waals surface area contributed by atoms with E-state index in [0.717, 1.165) is 11.1 Å². The maximum Gasteiger partial charge on any atom is 0.303 e. The van der Waals surface area contributed by atoms with Crippen LogP contribution >= 0.6 is 0 Å². The van der Waals surface area contributed by atoms with Crippen LogP contribution in [0.3, 0.4) is 0 Å². The highest BCUT2D eigenvalue weighted by atomic mass is 16.4. The molecule has 2 N–H and O–H groups in total. The maximum atomic E-state index is 12.5. The number of hydrogen-bond acceptors (Lipinski definition) is 3. The standard InChI is InChI=1S/C22H25NO4/c1-14(2)21(26)18-10-8-17(9-11-18)15(3)22(27)23-19-6-4-5-16(13-19)7-12-20(24)25/h4-6,8-11,13-15H,7,12H2,1-3H3,(H,23,27)(H,24,25). The van der Waals surface area contributed by atoms with E-state index in [1.54, 1.807) is 30.3 Å². The molecule has 5 heteroatoms. The number of hydrogen-bond donors (Lipinski definition) is 2. The number of carboxylic acid groups (broad SMARTS) is 1. The van der Waals surface area contributed by atoms with Gasteiger partial charge in [0, 0.05) is 23.6 Å². The highest BCUT2D eigenvalue weighted by Gasteiger charge is 2.17. The number of Topliss-reactive ketones (excluding diaryl/α,β-unsaturated/α-hetero) is 1. The van der Waals surface area contributed by atoms with E-state index >= 15 is 0 Å². The summed E-state index contributed by atoms with van der Waals surface area (Å²) in [6.45, 7) is 5.52. The van der Waals surface area contributed by atoms with Crippen molar-refractivity contribution in [2.24, 2.45) is 5.92 Å². The van der Waals surface area contributed by atoms with Crippen molar-refractivity contribution in [2.75, 3.05) is 5.32 Å².